The maximum Gasteiger partial charge on any atom is 0.239 e. The molecule has 0 spiro atoms. The molecule has 0 fully saturated rings. The number of carbonyl (C=O) groups is 1. The van der Waals surface area contributed by atoms with Crippen molar-refractivity contribution < 1.29 is 29.9 Å². The predicted octanol–water partition coefficient (Wildman–Crippen LogP) is -2.16. The van der Waals surface area contributed by atoms with Crippen molar-refractivity contribution in [2.45, 2.75) is 19.1 Å². The molecule has 0 radical (unpaired) electrons. The van der Waals surface area contributed by atoms with Crippen molar-refractivity contribution in [3.05, 3.63) is 0 Å². The Bertz CT molecular complexity index is 213. The van der Waals surface area contributed by atoms with Crippen LogP contribution in [0, 0.1) is 0 Å². The fraction of sp³-hybridized carbons (Fsp3) is 0.875. The molecule has 17 heavy (non-hydrogen) atoms. The van der Waals surface area contributed by atoms with Gasteiger partial charge in [-0.05, 0) is 6.92 Å². The SMILES string of the molecule is CC(O)C(N)C(=O)NCCOCCON(O)O. The largest absolute Gasteiger partial charge is 0.391 e. The van der Waals surface area contributed by atoms with Gasteiger partial charge in [0.05, 0.1) is 31.3 Å². The fourth-order valence-electron chi connectivity index (χ4n) is 0.863. The van der Waals surface area contributed by atoms with Gasteiger partial charge in [-0.1, -0.05) is 0 Å². The summed E-state index contributed by atoms with van der Waals surface area (Å²) in [5.74, 6) is -0.461. The molecule has 2 atom stereocenters. The van der Waals surface area contributed by atoms with Gasteiger partial charge in [0, 0.05) is 6.54 Å². The van der Waals surface area contributed by atoms with Gasteiger partial charge >= 0.3 is 0 Å². The molecule has 102 valence electrons. The number of nitrogens with two attached hydrogens (primary N) is 1. The lowest BCUT2D eigenvalue weighted by Crippen LogP contribution is -2.47. The number of ether oxygens (including phenoxy) is 1. The van der Waals surface area contributed by atoms with Gasteiger partial charge in [0.25, 0.3) is 0 Å². The van der Waals surface area contributed by atoms with Gasteiger partial charge in [-0.3, -0.25) is 15.2 Å². The lowest BCUT2D eigenvalue weighted by molar-refractivity contribution is -0.493. The van der Waals surface area contributed by atoms with E-state index in [0.29, 0.717) is 0 Å². The summed E-state index contributed by atoms with van der Waals surface area (Å²) in [6.45, 7) is 1.98. The summed E-state index contributed by atoms with van der Waals surface area (Å²) in [5, 5.41) is 27.4. The molecule has 0 saturated heterocycles. The molecule has 0 aliphatic carbocycles. The number of hydrogen-bond donors (Lipinski definition) is 5. The first-order valence-corrected chi connectivity index (χ1v) is 5.05. The van der Waals surface area contributed by atoms with Crippen LogP contribution in [0.5, 0.6) is 0 Å². The molecule has 2 unspecified atom stereocenters. The summed E-state index contributed by atoms with van der Waals surface area (Å²) in [4.78, 5) is 15.4. The number of carbonyl (C=O) groups excluding carboxylic acids is 1. The van der Waals surface area contributed by atoms with Crippen LogP contribution in [0.25, 0.3) is 0 Å². The summed E-state index contributed by atoms with van der Waals surface area (Å²) in [6, 6.07) is -0.962. The van der Waals surface area contributed by atoms with E-state index in [9.17, 15) is 4.79 Å². The summed E-state index contributed by atoms with van der Waals surface area (Å²) in [5.41, 5.74) is 5.37. The highest BCUT2D eigenvalue weighted by Crippen LogP contribution is 1.88. The minimum Gasteiger partial charge on any atom is -0.391 e. The summed E-state index contributed by atoms with van der Waals surface area (Å²) in [6.07, 6.45) is -0.913. The maximum absolute atomic E-state index is 11.2. The van der Waals surface area contributed by atoms with Gasteiger partial charge in [0.1, 0.15) is 6.04 Å². The molecule has 0 aromatic heterocycles. The normalized spacial score (nSPS) is 14.7. The van der Waals surface area contributed by atoms with Crippen molar-refractivity contribution in [1.29, 1.82) is 0 Å². The molecule has 9 heteroatoms. The second-order valence-electron chi connectivity index (χ2n) is 3.26. The predicted molar refractivity (Wildman–Crippen MR) is 54.8 cm³/mol. The van der Waals surface area contributed by atoms with Gasteiger partial charge in [-0.2, -0.15) is 0 Å². The molecular formula is C8H19N3O6. The topological polar surface area (TPSA) is 138 Å². The first-order chi connectivity index (χ1) is 7.95. The van der Waals surface area contributed by atoms with Crippen molar-refractivity contribution >= 4 is 5.91 Å². The van der Waals surface area contributed by atoms with Crippen LogP contribution in [0.4, 0.5) is 0 Å². The minimum atomic E-state index is -0.962. The average Bonchev–Trinajstić information content (AvgIpc) is 2.25. The summed E-state index contributed by atoms with van der Waals surface area (Å²) >= 11 is 0. The van der Waals surface area contributed by atoms with E-state index in [2.05, 4.69) is 10.2 Å². The highest BCUT2D eigenvalue weighted by Gasteiger charge is 2.17. The zero-order chi connectivity index (χ0) is 13.3. The Labute approximate surface area is 98.6 Å². The average molecular weight is 253 g/mol. The van der Waals surface area contributed by atoms with E-state index in [-0.39, 0.29) is 26.4 Å². The maximum atomic E-state index is 11.2. The van der Waals surface area contributed by atoms with Crippen LogP contribution in [-0.4, -0.2) is 65.3 Å². The molecule has 0 aromatic rings. The van der Waals surface area contributed by atoms with Crippen molar-refractivity contribution in [3.8, 4) is 0 Å². The first-order valence-electron chi connectivity index (χ1n) is 5.05. The fourth-order valence-corrected chi connectivity index (χ4v) is 0.863. The molecule has 0 heterocycles. The van der Waals surface area contributed by atoms with E-state index in [1.165, 1.54) is 6.92 Å². The Balaban J connectivity index is 3.37. The van der Waals surface area contributed by atoms with Crippen LogP contribution in [0.15, 0.2) is 0 Å². The van der Waals surface area contributed by atoms with E-state index in [1.54, 1.807) is 0 Å². The molecule has 0 bridgehead atoms. The van der Waals surface area contributed by atoms with Crippen molar-refractivity contribution in [2.24, 2.45) is 5.73 Å². The number of aliphatic hydroxyl groups excluding tert-OH is 1. The van der Waals surface area contributed by atoms with Crippen LogP contribution < -0.4 is 11.1 Å². The Morgan fingerprint density at radius 3 is 2.59 bits per heavy atom. The van der Waals surface area contributed by atoms with E-state index in [0.717, 1.165) is 0 Å². The van der Waals surface area contributed by atoms with Gasteiger partial charge in [0.15, 0.2) is 0 Å². The minimum absolute atomic E-state index is 0.0336. The third-order valence-corrected chi connectivity index (χ3v) is 1.80. The van der Waals surface area contributed by atoms with E-state index < -0.39 is 23.4 Å². The Morgan fingerprint density at radius 1 is 1.41 bits per heavy atom. The lowest BCUT2D eigenvalue weighted by atomic mass is 10.2. The van der Waals surface area contributed by atoms with E-state index in [4.69, 9.17) is 26.0 Å². The summed E-state index contributed by atoms with van der Waals surface area (Å²) < 4.78 is 4.98. The van der Waals surface area contributed by atoms with Crippen LogP contribution >= 0.6 is 0 Å². The molecular weight excluding hydrogens is 234 g/mol. The van der Waals surface area contributed by atoms with Gasteiger partial charge in [-0.15, -0.1) is 0 Å². The Hall–Kier alpha value is -0.810. The molecule has 0 aliphatic heterocycles. The number of nitrogens with one attached hydrogen (secondary N) is 1. The molecule has 9 nitrogen and oxygen atoms in total. The van der Waals surface area contributed by atoms with Crippen molar-refractivity contribution in [3.63, 3.8) is 0 Å². The van der Waals surface area contributed by atoms with Crippen LogP contribution in [0.2, 0.25) is 0 Å². The molecule has 0 aliphatic rings. The zero-order valence-corrected chi connectivity index (χ0v) is 9.57. The number of aliphatic hydroxyl groups is 1. The molecule has 0 aromatic carbocycles. The lowest BCUT2D eigenvalue weighted by Gasteiger charge is -2.14. The van der Waals surface area contributed by atoms with Crippen molar-refractivity contribution in [2.75, 3.05) is 26.4 Å². The third kappa shape index (κ3) is 8.94. The third-order valence-electron chi connectivity index (χ3n) is 1.80. The Kier molecular flexibility index (Phi) is 8.80. The quantitative estimate of drug-likeness (QED) is 0.231. The van der Waals surface area contributed by atoms with Gasteiger partial charge in [-0.25, -0.2) is 4.84 Å². The molecule has 1 amide bonds. The van der Waals surface area contributed by atoms with Crippen LogP contribution in [0.1, 0.15) is 6.92 Å². The number of rotatable bonds is 9. The molecule has 6 N–H and O–H groups in total. The van der Waals surface area contributed by atoms with Crippen LogP contribution in [-0.2, 0) is 14.4 Å². The highest BCUT2D eigenvalue weighted by atomic mass is 17.1. The first kappa shape index (κ1) is 16.2. The van der Waals surface area contributed by atoms with E-state index >= 15 is 0 Å². The second kappa shape index (κ2) is 9.24. The van der Waals surface area contributed by atoms with E-state index in [1.807, 2.05) is 0 Å². The Morgan fingerprint density at radius 2 is 2.06 bits per heavy atom. The highest BCUT2D eigenvalue weighted by molar-refractivity contribution is 5.81. The second-order valence-corrected chi connectivity index (χ2v) is 3.26. The smallest absolute Gasteiger partial charge is 0.239 e. The van der Waals surface area contributed by atoms with Crippen molar-refractivity contribution in [1.82, 2.24) is 10.7 Å². The van der Waals surface area contributed by atoms with Gasteiger partial charge in [0.2, 0.25) is 5.91 Å². The monoisotopic (exact) mass is 253 g/mol. The summed E-state index contributed by atoms with van der Waals surface area (Å²) in [7, 11) is 0. The molecule has 0 saturated carbocycles. The number of hydrogen-bond acceptors (Lipinski definition) is 8. The number of amides is 1. The van der Waals surface area contributed by atoms with Crippen LogP contribution in [0.3, 0.4) is 0 Å². The number of nitrogens with zero attached hydrogens (tertiary/aromatic N) is 1. The zero-order valence-electron chi connectivity index (χ0n) is 9.57. The molecule has 0 rings (SSSR count). The standard InChI is InChI=1S/C8H19N3O6/c1-6(12)7(9)8(13)10-2-3-16-4-5-17-11(14)15/h6-7,12,14-15H,2-5,9H2,1H3,(H,10,13). The van der Waals surface area contributed by atoms with Gasteiger partial charge < -0.3 is 20.9 Å².